The highest BCUT2D eigenvalue weighted by atomic mass is 79.9. The molecule has 1 aromatic rings. The number of carbonyl (C=O) groups is 2. The second kappa shape index (κ2) is 10.3. The fraction of sp³-hybridized carbons (Fsp3) is 0.526. The van der Waals surface area contributed by atoms with Crippen LogP contribution < -0.4 is 10.6 Å². The summed E-state index contributed by atoms with van der Waals surface area (Å²) in [5.74, 6) is 0.607. The van der Waals surface area contributed by atoms with Gasteiger partial charge in [-0.05, 0) is 30.5 Å². The monoisotopic (exact) mass is 438 g/mol. The number of hydrogen-bond acceptors (Lipinski definition) is 4. The smallest absolute Gasteiger partial charge is 0.310 e. The van der Waals surface area contributed by atoms with Crippen molar-refractivity contribution in [3.05, 3.63) is 34.3 Å². The van der Waals surface area contributed by atoms with Gasteiger partial charge >= 0.3 is 5.97 Å². The Morgan fingerprint density at radius 2 is 2.04 bits per heavy atom. The van der Waals surface area contributed by atoms with Crippen LogP contribution in [0.1, 0.15) is 23.7 Å². The number of hydrogen-bond donors (Lipinski definition) is 2. The zero-order valence-electron chi connectivity index (χ0n) is 16.0. The average Bonchev–Trinajstić information content (AvgIpc) is 3.05. The number of guanidine groups is 1. The first-order valence-corrected chi connectivity index (χ1v) is 9.82. The van der Waals surface area contributed by atoms with Crippen LogP contribution in [0.2, 0.25) is 0 Å². The van der Waals surface area contributed by atoms with Crippen molar-refractivity contribution in [2.24, 2.45) is 16.8 Å². The molecule has 0 bridgehead atoms. The lowest BCUT2D eigenvalue weighted by Crippen LogP contribution is -2.41. The Kier molecular flexibility index (Phi) is 8.09. The minimum Gasteiger partial charge on any atom is -0.469 e. The number of nitrogens with zero attached hydrogens (tertiary/aromatic N) is 2. The van der Waals surface area contributed by atoms with E-state index in [1.807, 2.05) is 19.1 Å². The Labute approximate surface area is 168 Å². The molecule has 2 unspecified atom stereocenters. The summed E-state index contributed by atoms with van der Waals surface area (Å²) in [5.41, 5.74) is 0.632. The molecule has 2 N–H and O–H groups in total. The zero-order chi connectivity index (χ0) is 19.8. The van der Waals surface area contributed by atoms with E-state index in [1.165, 1.54) is 7.11 Å². The van der Waals surface area contributed by atoms with Crippen LogP contribution in [0.15, 0.2) is 33.7 Å². The largest absolute Gasteiger partial charge is 0.469 e. The maximum absolute atomic E-state index is 12.1. The second-order valence-corrected chi connectivity index (χ2v) is 7.52. The molecule has 27 heavy (non-hydrogen) atoms. The van der Waals surface area contributed by atoms with Gasteiger partial charge in [-0.1, -0.05) is 28.9 Å². The van der Waals surface area contributed by atoms with Crippen LogP contribution in [0.25, 0.3) is 0 Å². The molecule has 0 aliphatic carbocycles. The summed E-state index contributed by atoms with van der Waals surface area (Å²) in [7, 11) is 3.15. The van der Waals surface area contributed by atoms with E-state index in [1.54, 1.807) is 19.2 Å². The number of carbonyl (C=O) groups excluding carboxylic acids is 2. The molecule has 1 saturated heterocycles. The zero-order valence-corrected chi connectivity index (χ0v) is 17.6. The number of benzene rings is 1. The van der Waals surface area contributed by atoms with Crippen LogP contribution >= 0.6 is 15.9 Å². The number of nitrogens with one attached hydrogen (secondary N) is 2. The van der Waals surface area contributed by atoms with Crippen molar-refractivity contribution in [1.82, 2.24) is 15.5 Å². The van der Waals surface area contributed by atoms with Gasteiger partial charge in [0.15, 0.2) is 5.96 Å². The van der Waals surface area contributed by atoms with Gasteiger partial charge in [-0.2, -0.15) is 0 Å². The molecule has 2 atom stereocenters. The molecule has 1 heterocycles. The predicted molar refractivity (Wildman–Crippen MR) is 109 cm³/mol. The van der Waals surface area contributed by atoms with Gasteiger partial charge in [0.25, 0.3) is 5.91 Å². The Hall–Kier alpha value is -2.09. The summed E-state index contributed by atoms with van der Waals surface area (Å²) < 4.78 is 5.76. The molecule has 0 spiro atoms. The van der Waals surface area contributed by atoms with E-state index in [9.17, 15) is 9.59 Å². The molecule has 8 heteroatoms. The molecule has 1 aromatic carbocycles. The van der Waals surface area contributed by atoms with Crippen LogP contribution in [0, 0.1) is 11.8 Å². The summed E-state index contributed by atoms with van der Waals surface area (Å²) in [6, 6.07) is 7.30. The summed E-state index contributed by atoms with van der Waals surface area (Å²) in [6.45, 7) is 4.66. The number of likely N-dealkylation sites (tertiary alicyclic amines) is 1. The maximum atomic E-state index is 12.1. The average molecular weight is 439 g/mol. The van der Waals surface area contributed by atoms with Crippen molar-refractivity contribution in [2.75, 3.05) is 40.3 Å². The number of ether oxygens (including phenoxy) is 1. The van der Waals surface area contributed by atoms with Crippen molar-refractivity contribution in [3.8, 4) is 0 Å². The minimum atomic E-state index is -0.171. The first-order chi connectivity index (χ1) is 13.0. The van der Waals surface area contributed by atoms with Crippen molar-refractivity contribution in [2.45, 2.75) is 13.3 Å². The Morgan fingerprint density at radius 1 is 1.30 bits per heavy atom. The van der Waals surface area contributed by atoms with Crippen LogP contribution in [0.4, 0.5) is 0 Å². The van der Waals surface area contributed by atoms with Crippen molar-refractivity contribution in [1.29, 1.82) is 0 Å². The van der Waals surface area contributed by atoms with Crippen LogP contribution in [0.5, 0.6) is 0 Å². The van der Waals surface area contributed by atoms with E-state index in [0.717, 1.165) is 23.4 Å². The molecule has 1 aliphatic heterocycles. The quantitative estimate of drug-likeness (QED) is 0.306. The minimum absolute atomic E-state index is 0.0880. The molecule has 7 nitrogen and oxygen atoms in total. The number of amides is 1. The SMILES string of the molecule is CN=C(NCCCNC(=O)c1cccc(Br)c1)N1CC(C)C(C(=O)OC)C1. The standard InChI is InChI=1S/C19H27BrN4O3/c1-13-11-24(12-16(13)18(26)27-3)19(21-2)23-9-5-8-22-17(25)14-6-4-7-15(20)10-14/h4,6-7,10,13,16H,5,8-9,11-12H2,1-3H3,(H,21,23)(H,22,25). The van der Waals surface area contributed by atoms with E-state index >= 15 is 0 Å². The third kappa shape index (κ3) is 5.95. The highest BCUT2D eigenvalue weighted by Gasteiger charge is 2.36. The fourth-order valence-electron chi connectivity index (χ4n) is 3.15. The number of aliphatic imine (C=N–C) groups is 1. The molecule has 2 rings (SSSR count). The number of methoxy groups -OCH3 is 1. The van der Waals surface area contributed by atoms with Gasteiger partial charge in [-0.15, -0.1) is 0 Å². The van der Waals surface area contributed by atoms with Crippen LogP contribution in [0.3, 0.4) is 0 Å². The fourth-order valence-corrected chi connectivity index (χ4v) is 3.55. The molecule has 1 amide bonds. The van der Waals surface area contributed by atoms with E-state index in [0.29, 0.717) is 25.2 Å². The Morgan fingerprint density at radius 3 is 2.70 bits per heavy atom. The van der Waals surface area contributed by atoms with Crippen LogP contribution in [-0.2, 0) is 9.53 Å². The van der Waals surface area contributed by atoms with Gasteiger partial charge in [0.1, 0.15) is 0 Å². The summed E-state index contributed by atoms with van der Waals surface area (Å²) in [6.07, 6.45) is 0.766. The van der Waals surface area contributed by atoms with Gasteiger partial charge in [-0.25, -0.2) is 0 Å². The van der Waals surface area contributed by atoms with E-state index < -0.39 is 0 Å². The van der Waals surface area contributed by atoms with Gasteiger partial charge in [0.05, 0.1) is 13.0 Å². The van der Waals surface area contributed by atoms with Crippen molar-refractivity contribution >= 4 is 33.8 Å². The lowest BCUT2D eigenvalue weighted by molar-refractivity contribution is -0.145. The molecule has 148 valence electrons. The summed E-state index contributed by atoms with van der Waals surface area (Å²) >= 11 is 3.36. The van der Waals surface area contributed by atoms with Crippen molar-refractivity contribution < 1.29 is 14.3 Å². The van der Waals surface area contributed by atoms with E-state index in [-0.39, 0.29) is 23.7 Å². The first kappa shape index (κ1) is 21.2. The second-order valence-electron chi connectivity index (χ2n) is 6.61. The van der Waals surface area contributed by atoms with Gasteiger partial charge < -0.3 is 20.3 Å². The highest BCUT2D eigenvalue weighted by Crippen LogP contribution is 2.24. The Bertz CT molecular complexity index is 695. The first-order valence-electron chi connectivity index (χ1n) is 9.03. The van der Waals surface area contributed by atoms with Crippen LogP contribution in [-0.4, -0.2) is 63.1 Å². The molecular weight excluding hydrogens is 412 g/mol. The highest BCUT2D eigenvalue weighted by molar-refractivity contribution is 9.10. The predicted octanol–water partition coefficient (Wildman–Crippen LogP) is 1.89. The number of esters is 1. The van der Waals surface area contributed by atoms with Gasteiger partial charge in [0.2, 0.25) is 0 Å². The normalized spacial score (nSPS) is 19.7. The third-order valence-electron chi connectivity index (χ3n) is 4.64. The molecule has 0 radical (unpaired) electrons. The summed E-state index contributed by atoms with van der Waals surface area (Å²) in [5, 5.41) is 6.21. The van der Waals surface area contributed by atoms with E-state index in [4.69, 9.17) is 4.74 Å². The van der Waals surface area contributed by atoms with Crippen molar-refractivity contribution in [3.63, 3.8) is 0 Å². The molecule has 0 aromatic heterocycles. The Balaban J connectivity index is 1.72. The van der Waals surface area contributed by atoms with Gasteiger partial charge in [0, 0.05) is 43.3 Å². The topological polar surface area (TPSA) is 83.0 Å². The molecule has 1 aliphatic rings. The lowest BCUT2D eigenvalue weighted by atomic mass is 9.99. The maximum Gasteiger partial charge on any atom is 0.310 e. The number of rotatable bonds is 6. The van der Waals surface area contributed by atoms with Gasteiger partial charge in [-0.3, -0.25) is 14.6 Å². The molecule has 1 fully saturated rings. The number of halogens is 1. The third-order valence-corrected chi connectivity index (χ3v) is 5.13. The lowest BCUT2D eigenvalue weighted by Gasteiger charge is -2.21. The molecule has 0 saturated carbocycles. The molecular formula is C19H27BrN4O3. The van der Waals surface area contributed by atoms with E-state index in [2.05, 4.69) is 36.5 Å². The summed E-state index contributed by atoms with van der Waals surface area (Å²) in [4.78, 5) is 30.3.